The molecule has 6 nitrogen and oxygen atoms in total. The highest BCUT2D eigenvalue weighted by Crippen LogP contribution is 2.29. The van der Waals surface area contributed by atoms with Crippen LogP contribution in [0.2, 0.25) is 0 Å². The van der Waals surface area contributed by atoms with Gasteiger partial charge in [0.2, 0.25) is 0 Å². The maximum atomic E-state index is 12.8. The number of anilines is 1. The zero-order chi connectivity index (χ0) is 18.9. The van der Waals surface area contributed by atoms with Gasteiger partial charge in [-0.2, -0.15) is 0 Å². The van der Waals surface area contributed by atoms with Gasteiger partial charge in [0.15, 0.2) is 0 Å². The molecule has 0 heterocycles. The molecule has 0 aliphatic carbocycles. The number of phenolic OH excluding ortho intramolecular Hbond substituents is 1. The van der Waals surface area contributed by atoms with Crippen molar-refractivity contribution in [3.63, 3.8) is 0 Å². The number of aromatic hydroxyl groups is 1. The van der Waals surface area contributed by atoms with E-state index < -0.39 is 16.0 Å². The molecule has 3 rings (SSSR count). The van der Waals surface area contributed by atoms with Crippen molar-refractivity contribution in [2.45, 2.75) is 11.8 Å². The van der Waals surface area contributed by atoms with Crippen molar-refractivity contribution in [2.75, 3.05) is 11.8 Å². The molecule has 0 aromatic heterocycles. The van der Waals surface area contributed by atoms with Crippen molar-refractivity contribution in [3.8, 4) is 5.75 Å². The maximum absolute atomic E-state index is 12.8. The van der Waals surface area contributed by atoms with Gasteiger partial charge in [-0.05, 0) is 36.1 Å². The first-order valence-corrected chi connectivity index (χ1v) is 9.24. The summed E-state index contributed by atoms with van der Waals surface area (Å²) in [7, 11) is -2.69. The number of hydrogen-bond acceptors (Lipinski definition) is 5. The predicted octanol–water partition coefficient (Wildman–Crippen LogP) is 3.44. The van der Waals surface area contributed by atoms with E-state index in [-0.39, 0.29) is 21.9 Å². The fourth-order valence-electron chi connectivity index (χ4n) is 2.74. The van der Waals surface area contributed by atoms with Crippen molar-refractivity contribution in [1.29, 1.82) is 0 Å². The summed E-state index contributed by atoms with van der Waals surface area (Å²) in [6.45, 7) is 1.91. The topological polar surface area (TPSA) is 92.7 Å². The van der Waals surface area contributed by atoms with E-state index >= 15 is 0 Å². The third-order valence-corrected chi connectivity index (χ3v) is 5.49. The number of methoxy groups -OCH3 is 1. The van der Waals surface area contributed by atoms with Crippen LogP contribution in [0.15, 0.2) is 59.5 Å². The lowest BCUT2D eigenvalue weighted by molar-refractivity contribution is 0.0597. The summed E-state index contributed by atoms with van der Waals surface area (Å²) in [6.07, 6.45) is 0. The smallest absolute Gasteiger partial charge is 0.341 e. The second kappa shape index (κ2) is 6.68. The Kier molecular flexibility index (Phi) is 4.56. The largest absolute Gasteiger partial charge is 0.507 e. The van der Waals surface area contributed by atoms with Crippen molar-refractivity contribution < 1.29 is 23.1 Å². The monoisotopic (exact) mass is 371 g/mol. The number of esters is 1. The van der Waals surface area contributed by atoms with Gasteiger partial charge in [-0.3, -0.25) is 4.72 Å². The highest BCUT2D eigenvalue weighted by molar-refractivity contribution is 7.93. The van der Waals surface area contributed by atoms with Crippen molar-refractivity contribution in [1.82, 2.24) is 0 Å². The van der Waals surface area contributed by atoms with Crippen LogP contribution in [0.25, 0.3) is 10.8 Å². The molecular weight excluding hydrogens is 354 g/mol. The first kappa shape index (κ1) is 17.8. The molecule has 3 aromatic carbocycles. The predicted molar refractivity (Wildman–Crippen MR) is 98.9 cm³/mol. The Labute approximate surface area is 151 Å². The molecule has 26 heavy (non-hydrogen) atoms. The number of carbonyl (C=O) groups excluding carboxylic acids is 1. The molecule has 7 heteroatoms. The number of hydrogen-bond donors (Lipinski definition) is 2. The summed E-state index contributed by atoms with van der Waals surface area (Å²) in [4.78, 5) is 11.6. The van der Waals surface area contributed by atoms with Gasteiger partial charge < -0.3 is 9.84 Å². The summed E-state index contributed by atoms with van der Waals surface area (Å²) in [6, 6.07) is 14.4. The lowest BCUT2D eigenvalue weighted by Crippen LogP contribution is -2.14. The van der Waals surface area contributed by atoms with Gasteiger partial charge in [-0.1, -0.05) is 30.3 Å². The SMILES string of the molecule is COC(=O)c1ccc(NS(=O)(=O)c2ccc(C)c3ccccc23)cc1O. The Morgan fingerprint density at radius 1 is 1.04 bits per heavy atom. The number of rotatable bonds is 4. The second-order valence-electron chi connectivity index (χ2n) is 5.76. The Morgan fingerprint density at radius 2 is 1.73 bits per heavy atom. The van der Waals surface area contributed by atoms with Crippen LogP contribution in [0.1, 0.15) is 15.9 Å². The molecule has 0 saturated heterocycles. The number of benzene rings is 3. The van der Waals surface area contributed by atoms with Gasteiger partial charge in [0.25, 0.3) is 10.0 Å². The van der Waals surface area contributed by atoms with Gasteiger partial charge in [-0.15, -0.1) is 0 Å². The van der Waals surface area contributed by atoms with Crippen LogP contribution >= 0.6 is 0 Å². The number of nitrogens with one attached hydrogen (secondary N) is 1. The first-order chi connectivity index (χ1) is 12.3. The van der Waals surface area contributed by atoms with Crippen LogP contribution in [0, 0.1) is 6.92 Å². The minimum atomic E-state index is -3.89. The Morgan fingerprint density at radius 3 is 2.38 bits per heavy atom. The second-order valence-corrected chi connectivity index (χ2v) is 7.41. The Hall–Kier alpha value is -3.06. The molecule has 2 N–H and O–H groups in total. The van der Waals surface area contributed by atoms with Crippen LogP contribution in [0.3, 0.4) is 0 Å². The highest BCUT2D eigenvalue weighted by atomic mass is 32.2. The average Bonchev–Trinajstić information content (AvgIpc) is 2.61. The first-order valence-electron chi connectivity index (χ1n) is 7.76. The summed E-state index contributed by atoms with van der Waals surface area (Å²) in [5.41, 5.74) is 1.07. The van der Waals surface area contributed by atoms with E-state index in [0.717, 1.165) is 10.9 Å². The zero-order valence-corrected chi connectivity index (χ0v) is 15.0. The summed E-state index contributed by atoms with van der Waals surface area (Å²) < 4.78 is 32.6. The molecule has 3 aromatic rings. The lowest BCUT2D eigenvalue weighted by Gasteiger charge is -2.13. The normalized spacial score (nSPS) is 11.3. The Balaban J connectivity index is 2.02. The van der Waals surface area contributed by atoms with Crippen molar-refractivity contribution in [2.24, 2.45) is 0 Å². The molecule has 0 radical (unpaired) electrons. The third-order valence-electron chi connectivity index (χ3n) is 4.05. The van der Waals surface area contributed by atoms with E-state index in [9.17, 15) is 18.3 Å². The van der Waals surface area contributed by atoms with Crippen LogP contribution in [-0.2, 0) is 14.8 Å². The third kappa shape index (κ3) is 3.21. The van der Waals surface area contributed by atoms with E-state index in [0.29, 0.717) is 5.39 Å². The molecule has 0 atom stereocenters. The van der Waals surface area contributed by atoms with Crippen LogP contribution in [0.5, 0.6) is 5.75 Å². The van der Waals surface area contributed by atoms with Crippen molar-refractivity contribution in [3.05, 3.63) is 65.7 Å². The number of ether oxygens (including phenoxy) is 1. The fourth-order valence-corrected chi connectivity index (χ4v) is 4.01. The molecule has 0 fully saturated rings. The summed E-state index contributed by atoms with van der Waals surface area (Å²) in [5.74, 6) is -1.08. The number of fused-ring (bicyclic) bond motifs is 1. The van der Waals surface area contributed by atoms with E-state index in [1.807, 2.05) is 19.1 Å². The van der Waals surface area contributed by atoms with Gasteiger partial charge in [0, 0.05) is 11.5 Å². The standard InChI is InChI=1S/C19H17NO5S/c1-12-7-10-18(15-6-4-3-5-14(12)15)26(23,24)20-13-8-9-16(17(21)11-13)19(22)25-2/h3-11,20-21H,1-2H3. The lowest BCUT2D eigenvalue weighted by atomic mass is 10.1. The minimum absolute atomic E-state index is 0.0452. The molecule has 0 amide bonds. The van der Waals surface area contributed by atoms with Crippen LogP contribution in [0.4, 0.5) is 5.69 Å². The van der Waals surface area contributed by atoms with E-state index in [4.69, 9.17) is 0 Å². The molecule has 0 bridgehead atoms. The fraction of sp³-hybridized carbons (Fsp3) is 0.105. The zero-order valence-electron chi connectivity index (χ0n) is 14.2. The molecule has 0 saturated carbocycles. The van der Waals surface area contributed by atoms with E-state index in [2.05, 4.69) is 9.46 Å². The van der Waals surface area contributed by atoms with E-state index in [1.165, 1.54) is 25.3 Å². The molecule has 0 aliphatic rings. The summed E-state index contributed by atoms with van der Waals surface area (Å²) in [5, 5.41) is 11.4. The van der Waals surface area contributed by atoms with Crippen molar-refractivity contribution >= 4 is 32.5 Å². The minimum Gasteiger partial charge on any atom is -0.507 e. The van der Waals surface area contributed by atoms with Crippen LogP contribution in [-0.4, -0.2) is 26.6 Å². The number of aryl methyl sites for hydroxylation is 1. The highest BCUT2D eigenvalue weighted by Gasteiger charge is 2.19. The van der Waals surface area contributed by atoms with Gasteiger partial charge in [0.1, 0.15) is 11.3 Å². The quantitative estimate of drug-likeness (QED) is 0.685. The molecular formula is C19H17NO5S. The van der Waals surface area contributed by atoms with Gasteiger partial charge in [-0.25, -0.2) is 13.2 Å². The number of carbonyl (C=O) groups is 1. The van der Waals surface area contributed by atoms with Gasteiger partial charge in [0.05, 0.1) is 17.7 Å². The Bertz CT molecular complexity index is 1110. The van der Waals surface area contributed by atoms with Crippen LogP contribution < -0.4 is 4.72 Å². The molecule has 0 spiro atoms. The molecule has 0 unspecified atom stereocenters. The number of sulfonamides is 1. The van der Waals surface area contributed by atoms with Gasteiger partial charge >= 0.3 is 5.97 Å². The average molecular weight is 371 g/mol. The maximum Gasteiger partial charge on any atom is 0.341 e. The van der Waals surface area contributed by atoms with E-state index in [1.54, 1.807) is 24.3 Å². The summed E-state index contributed by atoms with van der Waals surface area (Å²) >= 11 is 0. The number of phenols is 1. The molecule has 134 valence electrons. The molecule has 0 aliphatic heterocycles.